The molecule has 27 heavy (non-hydrogen) atoms. The third-order valence-electron chi connectivity index (χ3n) is 3.87. The molecule has 0 saturated heterocycles. The molecule has 0 heterocycles. The van der Waals surface area contributed by atoms with Crippen LogP contribution in [0.4, 0.5) is 0 Å². The zero-order valence-electron chi connectivity index (χ0n) is 15.8. The Kier molecular flexibility index (Phi) is 9.10. The fraction of sp³-hybridized carbons (Fsp3) is 0.368. The summed E-state index contributed by atoms with van der Waals surface area (Å²) in [7, 11) is -9.77. The number of hydrogen-bond donors (Lipinski definition) is 4. The molecule has 0 bridgehead atoms. The lowest BCUT2D eigenvalue weighted by atomic mass is 10.1. The third-order valence-corrected chi connectivity index (χ3v) is 7.65. The molecule has 8 heteroatoms. The van der Waals surface area contributed by atoms with Gasteiger partial charge in [0.25, 0.3) is 0 Å². The van der Waals surface area contributed by atoms with Gasteiger partial charge >= 0.3 is 15.2 Å². The number of benzene rings is 1. The van der Waals surface area contributed by atoms with Gasteiger partial charge in [0.2, 0.25) is 0 Å². The molecule has 1 aromatic carbocycles. The molecule has 150 valence electrons. The summed E-state index contributed by atoms with van der Waals surface area (Å²) in [6.45, 7) is 6.23. The van der Waals surface area contributed by atoms with Crippen molar-refractivity contribution in [3.63, 3.8) is 0 Å². The molecule has 0 unspecified atom stereocenters. The van der Waals surface area contributed by atoms with Crippen molar-refractivity contribution in [1.82, 2.24) is 0 Å². The Labute approximate surface area is 160 Å². The van der Waals surface area contributed by atoms with Crippen molar-refractivity contribution in [3.8, 4) is 0 Å². The first kappa shape index (κ1) is 23.8. The van der Waals surface area contributed by atoms with E-state index in [1.54, 1.807) is 6.08 Å². The molecule has 0 aliphatic heterocycles. The van der Waals surface area contributed by atoms with E-state index in [9.17, 15) is 9.13 Å². The molecule has 6 nitrogen and oxygen atoms in total. The van der Waals surface area contributed by atoms with Gasteiger partial charge in [0.1, 0.15) is 0 Å². The Morgan fingerprint density at radius 3 is 1.96 bits per heavy atom. The van der Waals surface area contributed by atoms with Crippen LogP contribution in [0.2, 0.25) is 0 Å². The molecule has 0 aliphatic rings. The normalized spacial score (nSPS) is 13.4. The van der Waals surface area contributed by atoms with Gasteiger partial charge in [-0.3, -0.25) is 9.13 Å². The number of hydrogen-bond acceptors (Lipinski definition) is 2. The Morgan fingerprint density at radius 1 is 0.963 bits per heavy atom. The predicted molar refractivity (Wildman–Crippen MR) is 110 cm³/mol. The van der Waals surface area contributed by atoms with E-state index in [4.69, 9.17) is 19.6 Å². The topological polar surface area (TPSA) is 115 Å². The molecule has 4 N–H and O–H groups in total. The van der Waals surface area contributed by atoms with Crippen LogP contribution in [0.25, 0.3) is 12.2 Å². The van der Waals surface area contributed by atoms with Crippen LogP contribution in [0.1, 0.15) is 51.2 Å². The second kappa shape index (κ2) is 10.3. The first-order chi connectivity index (χ1) is 12.4. The van der Waals surface area contributed by atoms with Crippen molar-refractivity contribution in [3.05, 3.63) is 58.7 Å². The third kappa shape index (κ3) is 9.48. The van der Waals surface area contributed by atoms with Gasteiger partial charge in [-0.15, -0.1) is 0 Å². The van der Waals surface area contributed by atoms with E-state index in [1.165, 1.54) is 17.2 Å². The van der Waals surface area contributed by atoms with Gasteiger partial charge in [0.05, 0.1) is 0 Å². The van der Waals surface area contributed by atoms with Crippen LogP contribution in [0.15, 0.2) is 47.6 Å². The highest BCUT2D eigenvalue weighted by molar-refractivity contribution is 7.70. The second-order valence-electron chi connectivity index (χ2n) is 6.77. The van der Waals surface area contributed by atoms with Crippen molar-refractivity contribution < 1.29 is 28.7 Å². The van der Waals surface area contributed by atoms with Gasteiger partial charge < -0.3 is 19.6 Å². The first-order valence-electron chi connectivity index (χ1n) is 8.57. The second-order valence-corrected chi connectivity index (χ2v) is 10.8. The largest absolute Gasteiger partial charge is 0.341 e. The van der Waals surface area contributed by atoms with Crippen molar-refractivity contribution in [1.29, 1.82) is 0 Å². The highest BCUT2D eigenvalue weighted by Gasteiger charge is 2.42. The summed E-state index contributed by atoms with van der Waals surface area (Å²) in [5.41, 5.74) is 4.40. The lowest BCUT2D eigenvalue weighted by Crippen LogP contribution is -2.07. The Hall–Kier alpha value is -1.26. The van der Waals surface area contributed by atoms with Crippen LogP contribution in [0.5, 0.6) is 0 Å². The zero-order valence-corrected chi connectivity index (χ0v) is 17.6. The summed E-state index contributed by atoms with van der Waals surface area (Å²) in [5, 5.41) is -2.01. The zero-order chi connectivity index (χ0) is 20.7. The lowest BCUT2D eigenvalue weighted by molar-refractivity contribution is 0.339. The SMILES string of the molecule is CC(C)=CCC/C(C)=C/c1ccc(/C=C/CC(P(=O)(O)O)P(=O)(O)O)cc1. The fourth-order valence-corrected chi connectivity index (χ4v) is 4.81. The molecule has 0 amide bonds. The summed E-state index contributed by atoms with van der Waals surface area (Å²) < 4.78 is 22.5. The standard InChI is InChI=1S/C19H28O6P2/c1-15(2)6-4-7-16(3)14-18-12-10-17(11-13-18)8-5-9-19(26(20,21)22)27(23,24)25/h5-6,8,10-14,19H,4,7,9H2,1-3H3,(H2,20,21,22)(H2,23,24,25)/b8-5+,16-14+. The minimum atomic E-state index is -4.88. The highest BCUT2D eigenvalue weighted by atomic mass is 31.2. The Balaban J connectivity index is 2.74. The average Bonchev–Trinajstić information content (AvgIpc) is 2.50. The maximum absolute atomic E-state index is 11.2. The van der Waals surface area contributed by atoms with E-state index in [1.807, 2.05) is 24.3 Å². The van der Waals surface area contributed by atoms with Crippen molar-refractivity contribution >= 4 is 27.3 Å². The molecule has 0 fully saturated rings. The smallest absolute Gasteiger partial charge is 0.324 e. The van der Waals surface area contributed by atoms with Crippen molar-refractivity contribution in [2.24, 2.45) is 0 Å². The quantitative estimate of drug-likeness (QED) is 0.337. The van der Waals surface area contributed by atoms with Crippen LogP contribution in [0, 0.1) is 0 Å². The number of allylic oxidation sites excluding steroid dienone is 4. The van der Waals surface area contributed by atoms with Crippen LogP contribution in [-0.2, 0) is 9.13 Å². The molecule has 1 aromatic rings. The van der Waals surface area contributed by atoms with E-state index in [0.29, 0.717) is 0 Å². The van der Waals surface area contributed by atoms with Crippen LogP contribution in [0.3, 0.4) is 0 Å². The summed E-state index contributed by atoms with van der Waals surface area (Å²) in [4.78, 5) is 36.4. The van der Waals surface area contributed by atoms with Crippen LogP contribution in [-0.4, -0.2) is 25.0 Å². The van der Waals surface area contributed by atoms with Gasteiger partial charge in [-0.2, -0.15) is 0 Å². The summed E-state index contributed by atoms with van der Waals surface area (Å²) in [5.74, 6) is 0. The Bertz CT molecular complexity index is 770. The first-order valence-corrected chi connectivity index (χ1v) is 11.9. The maximum atomic E-state index is 11.2. The molecule has 0 aromatic heterocycles. The van der Waals surface area contributed by atoms with Gasteiger partial charge in [-0.25, -0.2) is 0 Å². The van der Waals surface area contributed by atoms with Crippen molar-refractivity contribution in [2.75, 3.05) is 0 Å². The maximum Gasteiger partial charge on any atom is 0.341 e. The van der Waals surface area contributed by atoms with Crippen molar-refractivity contribution in [2.45, 2.75) is 45.4 Å². The molecule has 0 atom stereocenters. The molecular formula is C19H28O6P2. The van der Waals surface area contributed by atoms with E-state index >= 15 is 0 Å². The molecule has 1 rings (SSSR count). The summed E-state index contributed by atoms with van der Waals surface area (Å²) >= 11 is 0. The van der Waals surface area contributed by atoms with Crippen LogP contribution >= 0.6 is 15.2 Å². The molecule has 0 spiro atoms. The molecular weight excluding hydrogens is 386 g/mol. The van der Waals surface area contributed by atoms with Gasteiger partial charge in [0, 0.05) is 0 Å². The molecule has 0 radical (unpaired) electrons. The highest BCUT2D eigenvalue weighted by Crippen LogP contribution is 2.61. The Morgan fingerprint density at radius 2 is 1.48 bits per heavy atom. The number of rotatable bonds is 9. The van der Waals surface area contributed by atoms with E-state index in [0.717, 1.165) is 24.0 Å². The van der Waals surface area contributed by atoms with Gasteiger partial charge in [0.15, 0.2) is 5.40 Å². The minimum Gasteiger partial charge on any atom is -0.324 e. The monoisotopic (exact) mass is 414 g/mol. The average molecular weight is 414 g/mol. The van der Waals surface area contributed by atoms with Gasteiger partial charge in [-0.1, -0.05) is 59.7 Å². The van der Waals surface area contributed by atoms with E-state index in [2.05, 4.69) is 32.9 Å². The summed E-state index contributed by atoms with van der Waals surface area (Å²) in [6, 6.07) is 7.53. The molecule has 0 aliphatic carbocycles. The van der Waals surface area contributed by atoms with E-state index < -0.39 is 27.0 Å². The predicted octanol–water partition coefficient (Wildman–Crippen LogP) is 4.92. The van der Waals surface area contributed by atoms with E-state index in [-0.39, 0.29) is 0 Å². The summed E-state index contributed by atoms with van der Waals surface area (Å²) in [6.07, 6.45) is 8.86. The van der Waals surface area contributed by atoms with Gasteiger partial charge in [-0.05, 0) is 51.2 Å². The van der Waals surface area contributed by atoms with Crippen LogP contribution < -0.4 is 0 Å². The lowest BCUT2D eigenvalue weighted by Gasteiger charge is -2.17. The fourth-order valence-electron chi connectivity index (χ4n) is 2.44. The molecule has 0 saturated carbocycles. The minimum absolute atomic E-state index is 0.403.